The zero-order valence-electron chi connectivity index (χ0n) is 9.17. The lowest BCUT2D eigenvalue weighted by molar-refractivity contribution is 0.0996. The summed E-state index contributed by atoms with van der Waals surface area (Å²) in [7, 11) is 0. The van der Waals surface area contributed by atoms with E-state index in [9.17, 15) is 9.18 Å². The Labute approximate surface area is 111 Å². The fraction of sp³-hybridized carbons (Fsp3) is 0.154. The fourth-order valence-electron chi connectivity index (χ4n) is 1.60. The number of Topliss-reactive ketones (excluding diaryl/α,β-unsaturated/α-hetero) is 1. The molecule has 0 radical (unpaired) electrons. The van der Waals surface area contributed by atoms with E-state index in [0.717, 1.165) is 15.6 Å². The molecule has 0 unspecified atom stereocenters. The van der Waals surface area contributed by atoms with Gasteiger partial charge in [0.25, 0.3) is 0 Å². The third kappa shape index (κ3) is 2.82. The molecule has 4 heteroatoms. The molecule has 0 N–H and O–H groups in total. The van der Waals surface area contributed by atoms with Gasteiger partial charge in [-0.3, -0.25) is 4.79 Å². The number of hydrogen-bond acceptors (Lipinski definition) is 2. The van der Waals surface area contributed by atoms with Crippen molar-refractivity contribution in [1.29, 1.82) is 0 Å². The lowest BCUT2D eigenvalue weighted by Gasteiger charge is -2.04. The molecule has 2 aromatic rings. The highest BCUT2D eigenvalue weighted by Gasteiger charge is 2.13. The Morgan fingerprint density at radius 2 is 2.18 bits per heavy atom. The van der Waals surface area contributed by atoms with Crippen molar-refractivity contribution in [1.82, 2.24) is 0 Å². The summed E-state index contributed by atoms with van der Waals surface area (Å²) in [6, 6.07) is 6.37. The number of rotatable bonds is 3. The van der Waals surface area contributed by atoms with E-state index in [1.54, 1.807) is 6.07 Å². The number of thiophene rings is 1. The van der Waals surface area contributed by atoms with Gasteiger partial charge < -0.3 is 0 Å². The van der Waals surface area contributed by atoms with Gasteiger partial charge in [0.2, 0.25) is 0 Å². The van der Waals surface area contributed by atoms with Gasteiger partial charge >= 0.3 is 0 Å². The third-order valence-corrected chi connectivity index (χ3v) is 4.40. The minimum atomic E-state index is -0.268. The van der Waals surface area contributed by atoms with Crippen molar-refractivity contribution in [3.63, 3.8) is 0 Å². The molecule has 1 heterocycles. The van der Waals surface area contributed by atoms with Crippen molar-refractivity contribution < 1.29 is 9.18 Å². The Kier molecular flexibility index (Phi) is 3.74. The minimum absolute atomic E-state index is 0.0570. The second kappa shape index (κ2) is 5.10. The number of halogens is 2. The molecule has 0 aliphatic heterocycles. The van der Waals surface area contributed by atoms with Crippen LogP contribution in [-0.2, 0) is 6.42 Å². The molecule has 2 rings (SSSR count). The van der Waals surface area contributed by atoms with Crippen LogP contribution >= 0.6 is 27.3 Å². The van der Waals surface area contributed by atoms with Crippen molar-refractivity contribution in [2.45, 2.75) is 13.3 Å². The van der Waals surface area contributed by atoms with Gasteiger partial charge in [-0.15, -0.1) is 11.3 Å². The molecular weight excluding hydrogens is 303 g/mol. The molecule has 0 saturated heterocycles. The Bertz CT molecular complexity index is 562. The average Bonchev–Trinajstić information content (AvgIpc) is 2.68. The van der Waals surface area contributed by atoms with Gasteiger partial charge in [-0.2, -0.15) is 0 Å². The fourth-order valence-corrected chi connectivity index (χ4v) is 3.14. The molecule has 1 aromatic heterocycles. The standard InChI is InChI=1S/C13H10BrFOS/c1-8-6-10(15)3-2-9(8)7-12(16)13-11(14)4-5-17-13/h2-6H,7H2,1H3. The highest BCUT2D eigenvalue weighted by atomic mass is 79.9. The molecule has 0 bridgehead atoms. The van der Waals surface area contributed by atoms with Crippen LogP contribution in [0.2, 0.25) is 0 Å². The molecule has 0 atom stereocenters. The summed E-state index contributed by atoms with van der Waals surface area (Å²) < 4.78 is 13.8. The summed E-state index contributed by atoms with van der Waals surface area (Å²) in [6.07, 6.45) is 0.311. The van der Waals surface area contributed by atoms with Crippen LogP contribution in [0, 0.1) is 12.7 Å². The predicted octanol–water partition coefficient (Wildman–Crippen LogP) is 4.38. The van der Waals surface area contributed by atoms with Gasteiger partial charge in [0.1, 0.15) is 5.82 Å². The molecule has 17 heavy (non-hydrogen) atoms. The molecule has 0 amide bonds. The number of carbonyl (C=O) groups excluding carboxylic acids is 1. The summed E-state index contributed by atoms with van der Waals surface area (Å²) in [5, 5.41) is 1.87. The van der Waals surface area contributed by atoms with E-state index in [2.05, 4.69) is 15.9 Å². The molecule has 0 saturated carbocycles. The second-order valence-corrected chi connectivity index (χ2v) is 5.54. The molecule has 0 aliphatic rings. The highest BCUT2D eigenvalue weighted by Crippen LogP contribution is 2.24. The summed E-state index contributed by atoms with van der Waals surface area (Å²) >= 11 is 4.76. The number of benzene rings is 1. The van der Waals surface area contributed by atoms with E-state index in [0.29, 0.717) is 11.3 Å². The van der Waals surface area contributed by atoms with Gasteiger partial charge in [-0.1, -0.05) is 6.07 Å². The second-order valence-electron chi connectivity index (χ2n) is 3.77. The molecular formula is C13H10BrFOS. The third-order valence-electron chi connectivity index (χ3n) is 2.53. The lowest BCUT2D eigenvalue weighted by atomic mass is 10.0. The normalized spacial score (nSPS) is 10.5. The van der Waals surface area contributed by atoms with Gasteiger partial charge in [-0.05, 0) is 57.6 Å². The predicted molar refractivity (Wildman–Crippen MR) is 71.2 cm³/mol. The molecule has 1 nitrogen and oxygen atoms in total. The van der Waals surface area contributed by atoms with Crippen LogP contribution in [0.5, 0.6) is 0 Å². The van der Waals surface area contributed by atoms with Crippen molar-refractivity contribution in [3.05, 3.63) is 55.9 Å². The zero-order chi connectivity index (χ0) is 12.4. The SMILES string of the molecule is Cc1cc(F)ccc1CC(=O)c1sccc1Br. The van der Waals surface area contributed by atoms with E-state index >= 15 is 0 Å². The van der Waals surface area contributed by atoms with E-state index in [1.165, 1.54) is 23.5 Å². The maximum absolute atomic E-state index is 12.9. The maximum Gasteiger partial charge on any atom is 0.178 e. The van der Waals surface area contributed by atoms with Crippen molar-refractivity contribution in [2.24, 2.45) is 0 Å². The van der Waals surface area contributed by atoms with Crippen LogP contribution in [0.25, 0.3) is 0 Å². The van der Waals surface area contributed by atoms with Crippen LogP contribution in [0.15, 0.2) is 34.1 Å². The van der Waals surface area contributed by atoms with Crippen LogP contribution in [0.1, 0.15) is 20.8 Å². The molecule has 0 aliphatic carbocycles. The zero-order valence-corrected chi connectivity index (χ0v) is 11.6. The van der Waals surface area contributed by atoms with E-state index in [1.807, 2.05) is 18.4 Å². The smallest absolute Gasteiger partial charge is 0.178 e. The number of hydrogen-bond donors (Lipinski definition) is 0. The van der Waals surface area contributed by atoms with Gasteiger partial charge in [0.15, 0.2) is 5.78 Å². The summed E-state index contributed by atoms with van der Waals surface area (Å²) in [4.78, 5) is 12.7. The van der Waals surface area contributed by atoms with Gasteiger partial charge in [0, 0.05) is 10.9 Å². The Hall–Kier alpha value is -1.00. The van der Waals surface area contributed by atoms with Crippen molar-refractivity contribution in [3.8, 4) is 0 Å². The number of aryl methyl sites for hydroxylation is 1. The first-order chi connectivity index (χ1) is 8.08. The Balaban J connectivity index is 2.22. The first-order valence-electron chi connectivity index (χ1n) is 5.09. The van der Waals surface area contributed by atoms with Crippen LogP contribution < -0.4 is 0 Å². The topological polar surface area (TPSA) is 17.1 Å². The van der Waals surface area contributed by atoms with Crippen LogP contribution in [0.3, 0.4) is 0 Å². The first kappa shape index (κ1) is 12.5. The van der Waals surface area contributed by atoms with Gasteiger partial charge in [0.05, 0.1) is 4.88 Å². The molecule has 1 aromatic carbocycles. The van der Waals surface area contributed by atoms with E-state index in [-0.39, 0.29) is 11.6 Å². The van der Waals surface area contributed by atoms with Crippen LogP contribution in [0.4, 0.5) is 4.39 Å². The molecule has 0 spiro atoms. The average molecular weight is 313 g/mol. The van der Waals surface area contributed by atoms with E-state index in [4.69, 9.17) is 0 Å². The first-order valence-corrected chi connectivity index (χ1v) is 6.76. The van der Waals surface area contributed by atoms with E-state index < -0.39 is 0 Å². The number of carbonyl (C=O) groups is 1. The molecule has 88 valence electrons. The van der Waals surface area contributed by atoms with Crippen LogP contribution in [-0.4, -0.2) is 5.78 Å². The minimum Gasteiger partial charge on any atom is -0.293 e. The summed E-state index contributed by atoms with van der Waals surface area (Å²) in [5.74, 6) is -0.211. The summed E-state index contributed by atoms with van der Waals surface area (Å²) in [6.45, 7) is 1.81. The highest BCUT2D eigenvalue weighted by molar-refractivity contribution is 9.10. The molecule has 0 fully saturated rings. The quantitative estimate of drug-likeness (QED) is 0.768. The largest absolute Gasteiger partial charge is 0.293 e. The summed E-state index contributed by atoms with van der Waals surface area (Å²) in [5.41, 5.74) is 1.68. The lowest BCUT2D eigenvalue weighted by Crippen LogP contribution is -2.03. The van der Waals surface area contributed by atoms with Crippen molar-refractivity contribution in [2.75, 3.05) is 0 Å². The van der Waals surface area contributed by atoms with Gasteiger partial charge in [-0.25, -0.2) is 4.39 Å². The monoisotopic (exact) mass is 312 g/mol. The Morgan fingerprint density at radius 3 is 2.76 bits per heavy atom. The number of ketones is 1. The Morgan fingerprint density at radius 1 is 1.41 bits per heavy atom. The maximum atomic E-state index is 12.9. The van der Waals surface area contributed by atoms with Crippen molar-refractivity contribution >= 4 is 33.0 Å².